The summed E-state index contributed by atoms with van der Waals surface area (Å²) in [5.41, 5.74) is 1.12. The average Bonchev–Trinajstić information content (AvgIpc) is 3.38. The zero-order valence-electron chi connectivity index (χ0n) is 20.4. The van der Waals surface area contributed by atoms with Gasteiger partial charge in [-0.1, -0.05) is 60.7 Å². The molecule has 0 bridgehead atoms. The van der Waals surface area contributed by atoms with Crippen molar-refractivity contribution in [2.24, 2.45) is 11.8 Å². The van der Waals surface area contributed by atoms with Gasteiger partial charge in [0.15, 0.2) is 0 Å². The summed E-state index contributed by atoms with van der Waals surface area (Å²) in [5.74, 6) is -4.78. The number of carbonyl (C=O) groups is 4. The van der Waals surface area contributed by atoms with Gasteiger partial charge in [0.2, 0.25) is 11.8 Å². The van der Waals surface area contributed by atoms with Gasteiger partial charge in [0, 0.05) is 12.5 Å². The normalized spacial score (nSPS) is 24.7. The van der Waals surface area contributed by atoms with Crippen molar-refractivity contribution in [3.8, 4) is 0 Å². The van der Waals surface area contributed by atoms with E-state index in [-0.39, 0.29) is 6.42 Å². The monoisotopic (exact) mass is 498 g/mol. The summed E-state index contributed by atoms with van der Waals surface area (Å²) >= 11 is 0. The molecule has 0 aliphatic carbocycles. The number of nitrogens with zero attached hydrogens (tertiary/aromatic N) is 1. The molecule has 188 valence electrons. The van der Waals surface area contributed by atoms with Gasteiger partial charge in [0.05, 0.1) is 30.2 Å². The number of para-hydroxylation sites is 1. The predicted octanol–water partition coefficient (Wildman–Crippen LogP) is 3.30. The van der Waals surface area contributed by atoms with Gasteiger partial charge in [-0.25, -0.2) is 9.69 Å². The van der Waals surface area contributed by atoms with Crippen LogP contribution >= 0.6 is 0 Å². The summed E-state index contributed by atoms with van der Waals surface area (Å²) in [6.45, 7) is 1.81. The summed E-state index contributed by atoms with van der Waals surface area (Å²) in [7, 11) is 1.28. The van der Waals surface area contributed by atoms with E-state index in [9.17, 15) is 24.3 Å². The highest BCUT2D eigenvalue weighted by Gasteiger charge is 2.68. The summed E-state index contributed by atoms with van der Waals surface area (Å²) in [4.78, 5) is 53.9. The van der Waals surface area contributed by atoms with Crippen LogP contribution in [0, 0.1) is 18.8 Å². The second-order valence-electron chi connectivity index (χ2n) is 9.48. The van der Waals surface area contributed by atoms with E-state index in [1.54, 1.807) is 61.5 Å². The first kappa shape index (κ1) is 24.4. The van der Waals surface area contributed by atoms with Crippen LogP contribution in [0.5, 0.6) is 0 Å². The topological polar surface area (TPSA) is 113 Å². The maximum Gasteiger partial charge on any atom is 0.337 e. The SMILES string of the molecule is COC(=O)c1ccc(C2NC(Cc3ccccc3)(C(=O)O)C3C(=O)N(c4ccccc4C)C(=O)C23)cc1. The molecule has 0 aromatic heterocycles. The summed E-state index contributed by atoms with van der Waals surface area (Å²) in [5, 5.41) is 13.8. The van der Waals surface area contributed by atoms with Gasteiger partial charge in [-0.05, 0) is 41.8 Å². The molecule has 8 heteroatoms. The maximum atomic E-state index is 14.0. The molecule has 0 spiro atoms. The number of aliphatic carboxylic acids is 1. The van der Waals surface area contributed by atoms with E-state index in [0.29, 0.717) is 16.8 Å². The number of anilines is 1. The average molecular weight is 499 g/mol. The number of nitrogens with one attached hydrogen (secondary N) is 1. The molecule has 0 radical (unpaired) electrons. The quantitative estimate of drug-likeness (QED) is 0.396. The highest BCUT2D eigenvalue weighted by molar-refractivity contribution is 6.24. The number of carbonyl (C=O) groups excluding carboxylic acids is 3. The maximum absolute atomic E-state index is 14.0. The fraction of sp³-hybridized carbons (Fsp3) is 0.241. The van der Waals surface area contributed by atoms with Crippen molar-refractivity contribution in [1.82, 2.24) is 5.32 Å². The largest absolute Gasteiger partial charge is 0.480 e. The lowest BCUT2D eigenvalue weighted by Crippen LogP contribution is -2.57. The number of methoxy groups -OCH3 is 1. The molecule has 4 atom stereocenters. The number of fused-ring (bicyclic) bond motifs is 1. The number of ether oxygens (including phenoxy) is 1. The Morgan fingerprint density at radius 3 is 2.22 bits per heavy atom. The minimum Gasteiger partial charge on any atom is -0.480 e. The van der Waals surface area contributed by atoms with E-state index < -0.39 is 47.2 Å². The zero-order chi connectivity index (χ0) is 26.3. The van der Waals surface area contributed by atoms with Crippen LogP contribution < -0.4 is 10.2 Å². The molecule has 2 fully saturated rings. The molecule has 0 saturated carbocycles. The van der Waals surface area contributed by atoms with Crippen molar-refractivity contribution in [2.45, 2.75) is 24.9 Å². The first-order valence-electron chi connectivity index (χ1n) is 11.9. The lowest BCUT2D eigenvalue weighted by atomic mass is 9.76. The van der Waals surface area contributed by atoms with Crippen LogP contribution in [0.1, 0.15) is 33.1 Å². The third kappa shape index (κ3) is 3.90. The standard InChI is InChI=1S/C29H26N2O6/c1-17-8-6-7-11-21(17)31-25(32)22-23(26(31)33)29(28(35)36,16-18-9-4-3-5-10-18)30-24(22)19-12-14-20(15-13-19)27(34)37-2/h3-15,22-24,30H,16H2,1-2H3,(H,35,36). The van der Waals surface area contributed by atoms with Crippen molar-refractivity contribution < 1.29 is 29.0 Å². The molecule has 2 saturated heterocycles. The molecule has 3 aromatic carbocycles. The third-order valence-corrected chi connectivity index (χ3v) is 7.41. The van der Waals surface area contributed by atoms with Crippen LogP contribution in [0.2, 0.25) is 0 Å². The Hall–Kier alpha value is -4.30. The molecule has 3 aromatic rings. The lowest BCUT2D eigenvalue weighted by molar-refractivity contribution is -0.148. The van der Waals surface area contributed by atoms with E-state index in [4.69, 9.17) is 4.74 Å². The van der Waals surface area contributed by atoms with Crippen LogP contribution in [0.25, 0.3) is 0 Å². The van der Waals surface area contributed by atoms with Crippen molar-refractivity contribution in [2.75, 3.05) is 12.0 Å². The molecule has 2 aliphatic heterocycles. The summed E-state index contributed by atoms with van der Waals surface area (Å²) in [6.07, 6.45) is 0.0156. The number of hydrogen-bond donors (Lipinski definition) is 2. The van der Waals surface area contributed by atoms with Gasteiger partial charge in [-0.2, -0.15) is 0 Å². The predicted molar refractivity (Wildman–Crippen MR) is 135 cm³/mol. The zero-order valence-corrected chi connectivity index (χ0v) is 20.4. The van der Waals surface area contributed by atoms with E-state index in [2.05, 4.69) is 5.32 Å². The molecular weight excluding hydrogens is 472 g/mol. The van der Waals surface area contributed by atoms with Gasteiger partial charge in [-0.15, -0.1) is 0 Å². The van der Waals surface area contributed by atoms with Crippen LogP contribution in [0.4, 0.5) is 5.69 Å². The minimum atomic E-state index is -1.72. The number of carboxylic acid groups (broad SMARTS) is 1. The van der Waals surface area contributed by atoms with Gasteiger partial charge >= 0.3 is 11.9 Å². The number of aryl methyl sites for hydroxylation is 1. The van der Waals surface area contributed by atoms with E-state index in [0.717, 1.165) is 16.0 Å². The molecule has 2 amide bonds. The number of rotatable bonds is 6. The Kier molecular flexibility index (Phi) is 6.13. The van der Waals surface area contributed by atoms with Crippen molar-refractivity contribution >= 4 is 29.4 Å². The fourth-order valence-electron chi connectivity index (χ4n) is 5.64. The first-order valence-corrected chi connectivity index (χ1v) is 11.9. The number of benzene rings is 3. The van der Waals surface area contributed by atoms with E-state index >= 15 is 0 Å². The number of esters is 1. The fourth-order valence-corrected chi connectivity index (χ4v) is 5.64. The molecule has 8 nitrogen and oxygen atoms in total. The van der Waals surface area contributed by atoms with Gasteiger partial charge in [0.25, 0.3) is 0 Å². The second kappa shape index (κ2) is 9.29. The molecule has 2 heterocycles. The van der Waals surface area contributed by atoms with Gasteiger partial charge in [-0.3, -0.25) is 19.7 Å². The van der Waals surface area contributed by atoms with Crippen molar-refractivity contribution in [1.29, 1.82) is 0 Å². The van der Waals surface area contributed by atoms with Crippen LogP contribution in [0.15, 0.2) is 78.9 Å². The van der Waals surface area contributed by atoms with E-state index in [1.165, 1.54) is 7.11 Å². The van der Waals surface area contributed by atoms with Gasteiger partial charge in [0.1, 0.15) is 5.54 Å². The number of carboxylic acids is 1. The second-order valence-corrected chi connectivity index (χ2v) is 9.48. The highest BCUT2D eigenvalue weighted by atomic mass is 16.5. The van der Waals surface area contributed by atoms with Crippen LogP contribution in [-0.4, -0.2) is 41.5 Å². The minimum absolute atomic E-state index is 0.0156. The van der Waals surface area contributed by atoms with Gasteiger partial charge < -0.3 is 9.84 Å². The summed E-state index contributed by atoms with van der Waals surface area (Å²) in [6, 6.07) is 21.8. The Morgan fingerprint density at radius 2 is 1.59 bits per heavy atom. The number of amides is 2. The third-order valence-electron chi connectivity index (χ3n) is 7.41. The lowest BCUT2D eigenvalue weighted by Gasteiger charge is -2.31. The van der Waals surface area contributed by atoms with Crippen LogP contribution in [-0.2, 0) is 25.5 Å². The molecule has 4 unspecified atom stereocenters. The summed E-state index contributed by atoms with van der Waals surface area (Å²) < 4.78 is 4.77. The molecule has 5 rings (SSSR count). The first-order chi connectivity index (χ1) is 17.8. The van der Waals surface area contributed by atoms with E-state index in [1.807, 2.05) is 24.3 Å². The Bertz CT molecular complexity index is 1390. The molecule has 37 heavy (non-hydrogen) atoms. The molecular formula is C29H26N2O6. The number of imide groups is 1. The number of hydrogen-bond acceptors (Lipinski definition) is 6. The Balaban J connectivity index is 1.64. The van der Waals surface area contributed by atoms with Crippen molar-refractivity contribution in [3.63, 3.8) is 0 Å². The molecule has 2 N–H and O–H groups in total. The van der Waals surface area contributed by atoms with Crippen molar-refractivity contribution in [3.05, 3.63) is 101 Å². The Morgan fingerprint density at radius 1 is 0.946 bits per heavy atom. The van der Waals surface area contributed by atoms with Crippen LogP contribution in [0.3, 0.4) is 0 Å². The molecule has 2 aliphatic rings. The smallest absolute Gasteiger partial charge is 0.337 e. The Labute approximate surface area is 213 Å². The highest BCUT2D eigenvalue weighted by Crippen LogP contribution is 2.51.